The predicted octanol–water partition coefficient (Wildman–Crippen LogP) is -1.46. The lowest BCUT2D eigenvalue weighted by Crippen LogP contribution is -1.63. The van der Waals surface area contributed by atoms with Crippen molar-refractivity contribution in [2.24, 2.45) is 0 Å². The van der Waals surface area contributed by atoms with Crippen LogP contribution in [0.5, 0.6) is 0 Å². The lowest BCUT2D eigenvalue weighted by Gasteiger charge is -1.79. The predicted molar refractivity (Wildman–Crippen MR) is 42.6 cm³/mol. The standard InChI is InChI=1S/C4H9B.Al.2H2O.3H/c1-2-3-4-5;;;;;;/h2-4H2,1H3;;2*1H2;;;. The minimum absolute atomic E-state index is 0. The van der Waals surface area contributed by atoms with Crippen LogP contribution in [0.15, 0.2) is 0 Å². The number of hydrogen-bond donors (Lipinski definition) is 0. The molecule has 2 nitrogen and oxygen atoms in total. The Labute approximate surface area is 62.8 Å². The fourth-order valence-electron chi connectivity index (χ4n) is 0.204. The first-order valence-corrected chi connectivity index (χ1v) is 2.12. The Balaban J connectivity index is -0.0000000267. The van der Waals surface area contributed by atoms with E-state index in [1.165, 1.54) is 12.8 Å². The van der Waals surface area contributed by atoms with Crippen LogP contribution >= 0.6 is 0 Å². The minimum atomic E-state index is 0. The molecule has 4 heteroatoms. The maximum atomic E-state index is 5.14. The molecule has 0 rings (SSSR count). The molecule has 0 aliphatic rings. The summed E-state index contributed by atoms with van der Waals surface area (Å²) in [5.74, 6) is 0. The minimum Gasteiger partial charge on any atom is -0.412 e. The van der Waals surface area contributed by atoms with E-state index in [4.69, 9.17) is 7.85 Å². The first-order chi connectivity index (χ1) is 2.41. The topological polar surface area (TPSA) is 63.0 Å². The van der Waals surface area contributed by atoms with Gasteiger partial charge in [-0.15, -0.1) is 0 Å². The van der Waals surface area contributed by atoms with Gasteiger partial charge in [0.2, 0.25) is 0 Å². The molecule has 0 aromatic rings. The lowest BCUT2D eigenvalue weighted by molar-refractivity contribution is 0.823. The largest absolute Gasteiger partial charge is 0.412 e. The van der Waals surface area contributed by atoms with Gasteiger partial charge in [0, 0.05) is 0 Å². The third-order valence-corrected chi connectivity index (χ3v) is 0.558. The number of hydrogen-bond acceptors (Lipinski definition) is 0. The molecular weight excluding hydrogens is 118 g/mol. The van der Waals surface area contributed by atoms with Crippen molar-refractivity contribution in [2.75, 3.05) is 0 Å². The summed E-state index contributed by atoms with van der Waals surface area (Å²) < 4.78 is 0. The Morgan fingerprint density at radius 3 is 1.62 bits per heavy atom. The molecule has 50 valence electrons. The Morgan fingerprint density at radius 1 is 1.25 bits per heavy atom. The Bertz CT molecular complexity index is 21.5. The van der Waals surface area contributed by atoms with Crippen LogP contribution in [0.25, 0.3) is 0 Å². The zero-order valence-corrected chi connectivity index (χ0v) is 4.70. The molecule has 8 heavy (non-hydrogen) atoms. The summed E-state index contributed by atoms with van der Waals surface area (Å²) in [6, 6.07) is 0. The van der Waals surface area contributed by atoms with Gasteiger partial charge in [-0.3, -0.25) is 0 Å². The summed E-state index contributed by atoms with van der Waals surface area (Å²) in [6.07, 6.45) is 3.23. The molecule has 0 heterocycles. The molecule has 0 saturated heterocycles. The monoisotopic (exact) mass is 134 g/mol. The van der Waals surface area contributed by atoms with Crippen molar-refractivity contribution in [2.45, 2.75) is 26.1 Å². The SMILES string of the molecule is O.O.[AlH3].[B]CCCC. The molecule has 0 unspecified atom stereocenters. The quantitative estimate of drug-likeness (QED) is 0.414. The summed E-state index contributed by atoms with van der Waals surface area (Å²) in [7, 11) is 5.14. The average molecular weight is 134 g/mol. The van der Waals surface area contributed by atoms with Crippen molar-refractivity contribution in [3.8, 4) is 0 Å². The van der Waals surface area contributed by atoms with Crippen molar-refractivity contribution in [1.82, 2.24) is 0 Å². The summed E-state index contributed by atoms with van der Waals surface area (Å²) in [5.41, 5.74) is 0. The molecule has 0 saturated carbocycles. The van der Waals surface area contributed by atoms with E-state index < -0.39 is 0 Å². The molecular formula is C4H16AlBO2. The molecule has 4 N–H and O–H groups in total. The molecule has 0 amide bonds. The second-order valence-electron chi connectivity index (χ2n) is 1.14. The molecule has 0 fully saturated rings. The maximum absolute atomic E-state index is 5.14. The van der Waals surface area contributed by atoms with Crippen LogP contribution < -0.4 is 0 Å². The molecule has 0 aromatic heterocycles. The van der Waals surface area contributed by atoms with Crippen LogP contribution in [-0.4, -0.2) is 36.2 Å². The molecule has 0 aliphatic heterocycles. The highest BCUT2D eigenvalue weighted by Gasteiger charge is 1.68. The fraction of sp³-hybridized carbons (Fsp3) is 1.00. The first-order valence-electron chi connectivity index (χ1n) is 2.12. The second-order valence-corrected chi connectivity index (χ2v) is 1.14. The van der Waals surface area contributed by atoms with E-state index in [1.54, 1.807) is 0 Å². The first kappa shape index (κ1) is 23.6. The zero-order chi connectivity index (χ0) is 4.12. The molecule has 2 radical (unpaired) electrons. The number of unbranched alkanes of at least 4 members (excludes halogenated alkanes) is 1. The van der Waals surface area contributed by atoms with E-state index in [2.05, 4.69) is 6.92 Å². The van der Waals surface area contributed by atoms with Gasteiger partial charge in [0.05, 0.1) is 7.85 Å². The third-order valence-electron chi connectivity index (χ3n) is 0.558. The van der Waals surface area contributed by atoms with Gasteiger partial charge in [0.25, 0.3) is 0 Å². The van der Waals surface area contributed by atoms with Gasteiger partial charge >= 0.3 is 0 Å². The third kappa shape index (κ3) is 31.3. The lowest BCUT2D eigenvalue weighted by atomic mass is 10.0. The number of rotatable bonds is 2. The summed E-state index contributed by atoms with van der Waals surface area (Å²) in [5, 5.41) is 0. The van der Waals surface area contributed by atoms with Crippen molar-refractivity contribution >= 4 is 25.2 Å². The smallest absolute Gasteiger partial charge is 0.187 e. The molecule has 0 bridgehead atoms. The van der Waals surface area contributed by atoms with Gasteiger partial charge in [0.1, 0.15) is 0 Å². The van der Waals surface area contributed by atoms with Crippen LogP contribution in [0.1, 0.15) is 19.8 Å². The molecule has 0 aromatic carbocycles. The van der Waals surface area contributed by atoms with Crippen molar-refractivity contribution in [3.63, 3.8) is 0 Å². The van der Waals surface area contributed by atoms with Crippen LogP contribution in [0.2, 0.25) is 6.32 Å². The highest BCUT2D eigenvalue weighted by atomic mass is 27.0. The van der Waals surface area contributed by atoms with Crippen LogP contribution in [0.3, 0.4) is 0 Å². The van der Waals surface area contributed by atoms with Crippen LogP contribution in [0.4, 0.5) is 0 Å². The Kier molecular flexibility index (Phi) is 76.1. The normalized spacial score (nSPS) is 5.12. The van der Waals surface area contributed by atoms with Crippen molar-refractivity contribution < 1.29 is 11.0 Å². The van der Waals surface area contributed by atoms with Crippen LogP contribution in [-0.2, 0) is 0 Å². The van der Waals surface area contributed by atoms with E-state index in [0.29, 0.717) is 0 Å². The van der Waals surface area contributed by atoms with Crippen molar-refractivity contribution in [3.05, 3.63) is 0 Å². The Hall–Kier alpha value is 0.517. The second kappa shape index (κ2) is 25.8. The average Bonchev–Trinajstić information content (AvgIpc) is 1.41. The highest BCUT2D eigenvalue weighted by molar-refractivity contribution is 6.08. The fourth-order valence-corrected chi connectivity index (χ4v) is 0.204. The Morgan fingerprint density at radius 2 is 1.62 bits per heavy atom. The van der Waals surface area contributed by atoms with E-state index >= 15 is 0 Å². The van der Waals surface area contributed by atoms with Gasteiger partial charge in [-0.1, -0.05) is 26.1 Å². The van der Waals surface area contributed by atoms with E-state index in [-0.39, 0.29) is 28.3 Å². The van der Waals surface area contributed by atoms with Crippen LogP contribution in [0, 0.1) is 0 Å². The highest BCUT2D eigenvalue weighted by Crippen LogP contribution is 1.86. The zero-order valence-electron chi connectivity index (χ0n) is 4.70. The van der Waals surface area contributed by atoms with Gasteiger partial charge in [0.15, 0.2) is 17.4 Å². The summed E-state index contributed by atoms with van der Waals surface area (Å²) in [6.45, 7) is 2.13. The van der Waals surface area contributed by atoms with Gasteiger partial charge in [-0.25, -0.2) is 0 Å². The maximum Gasteiger partial charge on any atom is 0.187 e. The molecule has 0 aliphatic carbocycles. The van der Waals surface area contributed by atoms with E-state index in [0.717, 1.165) is 6.32 Å². The van der Waals surface area contributed by atoms with E-state index in [9.17, 15) is 0 Å². The van der Waals surface area contributed by atoms with Gasteiger partial charge in [-0.05, 0) is 0 Å². The van der Waals surface area contributed by atoms with Gasteiger partial charge in [-0.2, -0.15) is 0 Å². The van der Waals surface area contributed by atoms with Crippen molar-refractivity contribution in [1.29, 1.82) is 0 Å². The van der Waals surface area contributed by atoms with E-state index in [1.807, 2.05) is 0 Å². The summed E-state index contributed by atoms with van der Waals surface area (Å²) in [4.78, 5) is 0. The molecule has 0 spiro atoms. The molecule has 0 atom stereocenters. The van der Waals surface area contributed by atoms with Gasteiger partial charge < -0.3 is 11.0 Å². The summed E-state index contributed by atoms with van der Waals surface area (Å²) >= 11 is 0.